The standard InChI is InChI=1S/C21H32N2O6/c1-13(18(25)26)22-17(24)16(23-19(27)29-21(5,6)7)12-14-8-10-15(11-9-14)28-20(2,3)4/h8-11,13,16H,12H2,1-7H3,(H,22,24)(H,23,27)(H,25,26)/p-1/t13-,16+/m0/s1. The maximum atomic E-state index is 12.5. The van der Waals surface area contributed by atoms with Gasteiger partial charge in [0.05, 0.1) is 12.0 Å². The summed E-state index contributed by atoms with van der Waals surface area (Å²) in [5, 5.41) is 15.7. The van der Waals surface area contributed by atoms with Crippen molar-refractivity contribution in [3.63, 3.8) is 0 Å². The summed E-state index contributed by atoms with van der Waals surface area (Å²) in [5.74, 6) is -1.39. The zero-order chi connectivity index (χ0) is 22.4. The summed E-state index contributed by atoms with van der Waals surface area (Å²) in [4.78, 5) is 35.6. The maximum absolute atomic E-state index is 12.5. The van der Waals surface area contributed by atoms with Crippen molar-refractivity contribution in [2.24, 2.45) is 0 Å². The predicted octanol–water partition coefficient (Wildman–Crippen LogP) is 1.55. The predicted molar refractivity (Wildman–Crippen MR) is 106 cm³/mol. The van der Waals surface area contributed by atoms with Gasteiger partial charge < -0.3 is 30.0 Å². The largest absolute Gasteiger partial charge is 0.548 e. The lowest BCUT2D eigenvalue weighted by molar-refractivity contribution is -0.307. The second-order valence-electron chi connectivity index (χ2n) is 8.81. The van der Waals surface area contributed by atoms with Crippen LogP contribution in [-0.2, 0) is 20.7 Å². The van der Waals surface area contributed by atoms with E-state index in [1.807, 2.05) is 20.8 Å². The molecular formula is C21H31N2O6-. The second-order valence-corrected chi connectivity index (χ2v) is 8.81. The summed E-state index contributed by atoms with van der Waals surface area (Å²) in [6.07, 6.45) is -0.632. The van der Waals surface area contributed by atoms with Crippen LogP contribution in [0, 0.1) is 0 Å². The highest BCUT2D eigenvalue weighted by Gasteiger charge is 2.26. The first-order valence-corrected chi connectivity index (χ1v) is 9.45. The van der Waals surface area contributed by atoms with E-state index in [1.54, 1.807) is 45.0 Å². The summed E-state index contributed by atoms with van der Waals surface area (Å²) in [6.45, 7) is 12.2. The molecule has 0 spiro atoms. The molecule has 0 radical (unpaired) electrons. The maximum Gasteiger partial charge on any atom is 0.408 e. The molecule has 2 amide bonds. The lowest BCUT2D eigenvalue weighted by Gasteiger charge is -2.25. The Bertz CT molecular complexity index is 716. The van der Waals surface area contributed by atoms with E-state index in [0.717, 1.165) is 5.56 Å². The average Bonchev–Trinajstić information content (AvgIpc) is 2.52. The zero-order valence-corrected chi connectivity index (χ0v) is 18.1. The third-order valence-electron chi connectivity index (χ3n) is 3.51. The minimum absolute atomic E-state index is 0.140. The smallest absolute Gasteiger partial charge is 0.408 e. The molecule has 1 rings (SSSR count). The van der Waals surface area contributed by atoms with Crippen LogP contribution in [0.15, 0.2) is 24.3 Å². The highest BCUT2D eigenvalue weighted by molar-refractivity contribution is 5.89. The Kier molecular flexibility index (Phi) is 8.05. The van der Waals surface area contributed by atoms with Crippen molar-refractivity contribution in [3.05, 3.63) is 29.8 Å². The van der Waals surface area contributed by atoms with Crippen molar-refractivity contribution in [1.82, 2.24) is 10.6 Å². The van der Waals surface area contributed by atoms with E-state index in [2.05, 4.69) is 10.6 Å². The minimum Gasteiger partial charge on any atom is -0.548 e. The average molecular weight is 407 g/mol. The van der Waals surface area contributed by atoms with E-state index in [4.69, 9.17) is 9.47 Å². The number of nitrogens with one attached hydrogen (secondary N) is 2. The van der Waals surface area contributed by atoms with E-state index in [0.29, 0.717) is 5.75 Å². The second kappa shape index (κ2) is 9.62. The number of carboxylic acids is 1. The number of amides is 2. The van der Waals surface area contributed by atoms with Crippen molar-refractivity contribution in [2.75, 3.05) is 0 Å². The van der Waals surface area contributed by atoms with Crippen molar-refractivity contribution < 1.29 is 29.0 Å². The Hall–Kier alpha value is -2.77. The third-order valence-corrected chi connectivity index (χ3v) is 3.51. The molecule has 29 heavy (non-hydrogen) atoms. The Labute approximate surface area is 172 Å². The van der Waals surface area contributed by atoms with Gasteiger partial charge in [0.2, 0.25) is 5.91 Å². The number of hydrogen-bond donors (Lipinski definition) is 2. The van der Waals surface area contributed by atoms with Crippen LogP contribution in [0.25, 0.3) is 0 Å². The molecule has 1 aromatic rings. The fourth-order valence-corrected chi connectivity index (χ4v) is 2.31. The van der Waals surface area contributed by atoms with Crippen molar-refractivity contribution in [2.45, 2.75) is 78.2 Å². The number of ether oxygens (including phenoxy) is 2. The number of rotatable bonds is 7. The highest BCUT2D eigenvalue weighted by Crippen LogP contribution is 2.19. The molecule has 0 saturated heterocycles. The number of carboxylic acid groups (broad SMARTS) is 1. The molecule has 0 aromatic heterocycles. The molecule has 2 atom stereocenters. The topological polar surface area (TPSA) is 117 Å². The summed E-state index contributed by atoms with van der Waals surface area (Å²) >= 11 is 0. The lowest BCUT2D eigenvalue weighted by atomic mass is 10.0. The highest BCUT2D eigenvalue weighted by atomic mass is 16.6. The molecule has 2 N–H and O–H groups in total. The van der Waals surface area contributed by atoms with Crippen LogP contribution in [0.3, 0.4) is 0 Å². The number of alkyl carbamates (subject to hydrolysis) is 1. The summed E-state index contributed by atoms with van der Waals surface area (Å²) in [6, 6.07) is 4.87. The van der Waals surface area contributed by atoms with Gasteiger partial charge in [-0.2, -0.15) is 0 Å². The summed E-state index contributed by atoms with van der Waals surface area (Å²) < 4.78 is 11.0. The molecule has 0 unspecified atom stereocenters. The zero-order valence-electron chi connectivity index (χ0n) is 18.1. The SMILES string of the molecule is C[C@H](NC(=O)[C@@H](Cc1ccc(OC(C)(C)C)cc1)NC(=O)OC(C)(C)C)C(=O)[O-]. The molecule has 0 saturated carbocycles. The Morgan fingerprint density at radius 2 is 1.52 bits per heavy atom. The first kappa shape index (κ1) is 24.3. The van der Waals surface area contributed by atoms with Gasteiger partial charge in [-0.25, -0.2) is 4.79 Å². The normalized spacial score (nSPS) is 13.8. The van der Waals surface area contributed by atoms with Gasteiger partial charge in [0, 0.05) is 6.42 Å². The van der Waals surface area contributed by atoms with Gasteiger partial charge in [-0.3, -0.25) is 4.79 Å². The van der Waals surface area contributed by atoms with Gasteiger partial charge in [-0.15, -0.1) is 0 Å². The van der Waals surface area contributed by atoms with E-state index in [9.17, 15) is 19.5 Å². The van der Waals surface area contributed by atoms with E-state index in [1.165, 1.54) is 6.92 Å². The molecular weight excluding hydrogens is 376 g/mol. The Balaban J connectivity index is 2.93. The molecule has 8 nitrogen and oxygen atoms in total. The molecule has 0 fully saturated rings. The van der Waals surface area contributed by atoms with Crippen molar-refractivity contribution in [3.8, 4) is 5.75 Å². The lowest BCUT2D eigenvalue weighted by Crippen LogP contribution is -2.54. The Morgan fingerprint density at radius 1 is 0.966 bits per heavy atom. The third kappa shape index (κ3) is 9.82. The van der Waals surface area contributed by atoms with Gasteiger partial charge in [-0.05, 0) is 66.2 Å². The van der Waals surface area contributed by atoms with Gasteiger partial charge >= 0.3 is 6.09 Å². The number of carbonyl (C=O) groups is 3. The van der Waals surface area contributed by atoms with Gasteiger partial charge in [0.1, 0.15) is 23.0 Å². The fraction of sp³-hybridized carbons (Fsp3) is 0.571. The first-order valence-electron chi connectivity index (χ1n) is 9.45. The van der Waals surface area contributed by atoms with Crippen LogP contribution < -0.4 is 20.5 Å². The first-order chi connectivity index (χ1) is 13.2. The minimum atomic E-state index is -1.42. The van der Waals surface area contributed by atoms with Crippen molar-refractivity contribution >= 4 is 18.0 Å². The van der Waals surface area contributed by atoms with Gasteiger partial charge in [0.15, 0.2) is 0 Å². The number of aliphatic carboxylic acids is 1. The van der Waals surface area contributed by atoms with E-state index >= 15 is 0 Å². The van der Waals surface area contributed by atoms with Crippen LogP contribution in [-0.4, -0.2) is 41.3 Å². The fourth-order valence-electron chi connectivity index (χ4n) is 2.31. The summed E-state index contributed by atoms with van der Waals surface area (Å²) in [5.41, 5.74) is -0.331. The van der Waals surface area contributed by atoms with Gasteiger partial charge in [-0.1, -0.05) is 12.1 Å². The van der Waals surface area contributed by atoms with E-state index < -0.39 is 35.7 Å². The molecule has 0 aliphatic rings. The monoisotopic (exact) mass is 407 g/mol. The van der Waals surface area contributed by atoms with E-state index in [-0.39, 0.29) is 12.0 Å². The van der Waals surface area contributed by atoms with Crippen LogP contribution in [0.5, 0.6) is 5.75 Å². The Morgan fingerprint density at radius 3 is 1.97 bits per heavy atom. The molecule has 8 heteroatoms. The number of hydrogen-bond acceptors (Lipinski definition) is 6. The summed E-state index contributed by atoms with van der Waals surface area (Å²) in [7, 11) is 0. The molecule has 1 aromatic carbocycles. The molecule has 0 heterocycles. The van der Waals surface area contributed by atoms with Crippen molar-refractivity contribution in [1.29, 1.82) is 0 Å². The van der Waals surface area contributed by atoms with Crippen LogP contribution in [0.4, 0.5) is 4.79 Å². The molecule has 0 aliphatic heterocycles. The van der Waals surface area contributed by atoms with Gasteiger partial charge in [0.25, 0.3) is 0 Å². The number of benzene rings is 1. The van der Waals surface area contributed by atoms with Crippen LogP contribution in [0.2, 0.25) is 0 Å². The molecule has 162 valence electrons. The quantitative estimate of drug-likeness (QED) is 0.708. The molecule has 0 bridgehead atoms. The van der Waals surface area contributed by atoms with Crippen LogP contribution >= 0.6 is 0 Å². The number of carbonyl (C=O) groups excluding carboxylic acids is 3. The van der Waals surface area contributed by atoms with Crippen LogP contribution in [0.1, 0.15) is 54.0 Å². The molecule has 0 aliphatic carbocycles.